The highest BCUT2D eigenvalue weighted by atomic mass is 15.4. The van der Waals surface area contributed by atoms with Crippen molar-refractivity contribution in [2.24, 2.45) is 13.0 Å². The number of aromatic nitrogens is 4. The van der Waals surface area contributed by atoms with Crippen LogP contribution in [0.2, 0.25) is 0 Å². The fourth-order valence-corrected chi connectivity index (χ4v) is 3.18. The lowest BCUT2D eigenvalue weighted by Gasteiger charge is -2.06. The quantitative estimate of drug-likeness (QED) is 0.900. The molecule has 104 valence electrons. The Bertz CT molecular complexity index is 595. The number of imidazole rings is 1. The van der Waals surface area contributed by atoms with Gasteiger partial charge in [0.15, 0.2) is 5.65 Å². The number of rotatable bonds is 5. The van der Waals surface area contributed by atoms with Crippen LogP contribution in [0.4, 0.5) is 5.95 Å². The summed E-state index contributed by atoms with van der Waals surface area (Å²) in [4.78, 5) is 4.57. The van der Waals surface area contributed by atoms with Crippen LogP contribution < -0.4 is 5.73 Å². The van der Waals surface area contributed by atoms with Crippen molar-refractivity contribution >= 4 is 17.1 Å². The third-order valence-electron chi connectivity index (χ3n) is 4.13. The molecule has 0 bridgehead atoms. The zero-order valence-electron chi connectivity index (χ0n) is 12.1. The van der Waals surface area contributed by atoms with Crippen molar-refractivity contribution in [1.29, 1.82) is 0 Å². The van der Waals surface area contributed by atoms with Crippen LogP contribution in [0.3, 0.4) is 0 Å². The third kappa shape index (κ3) is 1.91. The largest absolute Gasteiger partial charge is 0.369 e. The third-order valence-corrected chi connectivity index (χ3v) is 4.13. The van der Waals surface area contributed by atoms with E-state index < -0.39 is 0 Å². The van der Waals surface area contributed by atoms with Gasteiger partial charge in [0, 0.05) is 13.1 Å². The van der Waals surface area contributed by atoms with Crippen LogP contribution in [0.25, 0.3) is 11.2 Å². The molecule has 2 aromatic rings. The van der Waals surface area contributed by atoms with Gasteiger partial charge in [0.1, 0.15) is 5.52 Å². The van der Waals surface area contributed by atoms with E-state index in [-0.39, 0.29) is 0 Å². The van der Waals surface area contributed by atoms with Gasteiger partial charge in [-0.15, -0.1) is 0 Å². The first-order valence-electron chi connectivity index (χ1n) is 7.36. The molecule has 2 aromatic heterocycles. The average Bonchev–Trinajstić information content (AvgIpc) is 2.93. The average molecular weight is 261 g/mol. The second-order valence-electron chi connectivity index (χ2n) is 5.68. The molecule has 0 aromatic carbocycles. The molecule has 0 radical (unpaired) electrons. The van der Waals surface area contributed by atoms with Gasteiger partial charge in [0.2, 0.25) is 5.95 Å². The summed E-state index contributed by atoms with van der Waals surface area (Å²) < 4.78 is 4.16. The van der Waals surface area contributed by atoms with E-state index >= 15 is 0 Å². The van der Waals surface area contributed by atoms with E-state index in [4.69, 9.17) is 5.73 Å². The summed E-state index contributed by atoms with van der Waals surface area (Å²) in [6.45, 7) is 4.41. The molecule has 2 unspecified atom stereocenters. The molecule has 5 nitrogen and oxygen atoms in total. The number of nitrogen functional groups attached to an aromatic ring is 1. The summed E-state index contributed by atoms with van der Waals surface area (Å²) in [6.07, 6.45) is 5.81. The maximum atomic E-state index is 6.14. The van der Waals surface area contributed by atoms with Crippen molar-refractivity contribution < 1.29 is 0 Å². The first-order chi connectivity index (χ1) is 9.17. The molecular weight excluding hydrogens is 238 g/mol. The first kappa shape index (κ1) is 12.5. The second kappa shape index (κ2) is 4.54. The highest BCUT2D eigenvalue weighted by Gasteiger charge is 2.40. The molecular formula is C14H23N5. The number of aryl methyl sites for hydroxylation is 2. The summed E-state index contributed by atoms with van der Waals surface area (Å²) in [5, 5.41) is 4.60. The molecule has 0 spiro atoms. The minimum Gasteiger partial charge on any atom is -0.369 e. The van der Waals surface area contributed by atoms with Gasteiger partial charge >= 0.3 is 0 Å². The number of hydrogen-bond donors (Lipinski definition) is 1. The Balaban J connectivity index is 2.03. The predicted molar refractivity (Wildman–Crippen MR) is 77.0 cm³/mol. The number of anilines is 1. The summed E-state index contributed by atoms with van der Waals surface area (Å²) in [6, 6.07) is 0.537. The number of nitrogens with two attached hydrogens (primary N) is 1. The van der Waals surface area contributed by atoms with Crippen molar-refractivity contribution in [2.45, 2.75) is 52.0 Å². The highest BCUT2D eigenvalue weighted by molar-refractivity contribution is 5.78. The lowest BCUT2D eigenvalue weighted by molar-refractivity contribution is 0.608. The predicted octanol–water partition coefficient (Wildman–Crippen LogP) is 2.67. The lowest BCUT2D eigenvalue weighted by atomic mass is 10.2. The van der Waals surface area contributed by atoms with Gasteiger partial charge in [-0.3, -0.25) is 9.25 Å². The fraction of sp³-hybridized carbons (Fsp3) is 0.714. The SMILES string of the molecule is CCCc1nn(C)c2c1nc(N)n2C1CC1CCC. The van der Waals surface area contributed by atoms with Gasteiger partial charge in [-0.05, 0) is 25.2 Å². The van der Waals surface area contributed by atoms with Gasteiger partial charge in [-0.1, -0.05) is 26.7 Å². The zero-order valence-corrected chi connectivity index (χ0v) is 12.1. The maximum Gasteiger partial charge on any atom is 0.202 e. The standard InChI is InChI=1S/C14H23N5/c1-4-6-9-8-11(9)19-13-12(16-14(19)15)10(7-5-2)17-18(13)3/h9,11H,4-8H2,1-3H3,(H2,15,16). The van der Waals surface area contributed by atoms with Gasteiger partial charge in [0.05, 0.1) is 5.69 Å². The maximum absolute atomic E-state index is 6.14. The Morgan fingerprint density at radius 2 is 2.11 bits per heavy atom. The minimum absolute atomic E-state index is 0.537. The summed E-state index contributed by atoms with van der Waals surface area (Å²) in [7, 11) is 2.00. The number of nitrogens with zero attached hydrogens (tertiary/aromatic N) is 4. The Morgan fingerprint density at radius 3 is 2.79 bits per heavy atom. The Morgan fingerprint density at radius 1 is 1.32 bits per heavy atom. The van der Waals surface area contributed by atoms with Gasteiger partial charge < -0.3 is 5.73 Å². The van der Waals surface area contributed by atoms with Crippen molar-refractivity contribution in [2.75, 3.05) is 5.73 Å². The monoisotopic (exact) mass is 261 g/mol. The van der Waals surface area contributed by atoms with Gasteiger partial charge in [0.25, 0.3) is 0 Å². The smallest absolute Gasteiger partial charge is 0.202 e. The van der Waals surface area contributed by atoms with Crippen LogP contribution in [0.15, 0.2) is 0 Å². The molecule has 1 aliphatic rings. The van der Waals surface area contributed by atoms with Crippen molar-refractivity contribution in [3.05, 3.63) is 5.69 Å². The van der Waals surface area contributed by atoms with Crippen LogP contribution in [0.5, 0.6) is 0 Å². The molecule has 2 N–H and O–H groups in total. The molecule has 5 heteroatoms. The second-order valence-corrected chi connectivity index (χ2v) is 5.68. The van der Waals surface area contributed by atoms with E-state index in [1.54, 1.807) is 0 Å². The number of fused-ring (bicyclic) bond motifs is 1. The van der Waals surface area contributed by atoms with Crippen LogP contribution in [0, 0.1) is 5.92 Å². The minimum atomic E-state index is 0.537. The molecule has 0 saturated heterocycles. The highest BCUT2D eigenvalue weighted by Crippen LogP contribution is 2.48. The molecule has 3 rings (SSSR count). The van der Waals surface area contributed by atoms with Crippen LogP contribution >= 0.6 is 0 Å². The van der Waals surface area contributed by atoms with E-state index in [0.717, 1.165) is 35.6 Å². The molecule has 1 saturated carbocycles. The molecule has 0 amide bonds. The van der Waals surface area contributed by atoms with E-state index in [9.17, 15) is 0 Å². The summed E-state index contributed by atoms with van der Waals surface area (Å²) in [5.41, 5.74) is 9.33. The van der Waals surface area contributed by atoms with Gasteiger partial charge in [-0.2, -0.15) is 5.10 Å². The zero-order chi connectivity index (χ0) is 13.6. The van der Waals surface area contributed by atoms with Crippen LogP contribution in [0.1, 0.15) is 51.3 Å². The van der Waals surface area contributed by atoms with E-state index in [2.05, 4.69) is 28.5 Å². The van der Waals surface area contributed by atoms with E-state index in [1.807, 2.05) is 11.7 Å². The number of hydrogen-bond acceptors (Lipinski definition) is 3. The Kier molecular flexibility index (Phi) is 2.99. The topological polar surface area (TPSA) is 61.7 Å². The summed E-state index contributed by atoms with van der Waals surface area (Å²) in [5.74, 6) is 1.43. The van der Waals surface area contributed by atoms with Crippen LogP contribution in [-0.4, -0.2) is 19.3 Å². The van der Waals surface area contributed by atoms with Crippen molar-refractivity contribution in [3.8, 4) is 0 Å². The Labute approximate surface area is 113 Å². The first-order valence-corrected chi connectivity index (χ1v) is 7.36. The fourth-order valence-electron chi connectivity index (χ4n) is 3.18. The van der Waals surface area contributed by atoms with Gasteiger partial charge in [-0.25, -0.2) is 4.98 Å². The molecule has 2 heterocycles. The molecule has 19 heavy (non-hydrogen) atoms. The molecule has 1 aliphatic carbocycles. The summed E-state index contributed by atoms with van der Waals surface area (Å²) >= 11 is 0. The van der Waals surface area contributed by atoms with Crippen molar-refractivity contribution in [1.82, 2.24) is 19.3 Å². The molecule has 2 atom stereocenters. The lowest BCUT2D eigenvalue weighted by Crippen LogP contribution is -2.06. The molecule has 1 fully saturated rings. The Hall–Kier alpha value is -1.52. The van der Waals surface area contributed by atoms with E-state index in [1.165, 1.54) is 19.3 Å². The molecule has 0 aliphatic heterocycles. The normalized spacial score (nSPS) is 22.3. The van der Waals surface area contributed by atoms with E-state index in [0.29, 0.717) is 12.0 Å². The van der Waals surface area contributed by atoms with Crippen LogP contribution in [-0.2, 0) is 13.5 Å². The van der Waals surface area contributed by atoms with Crippen molar-refractivity contribution in [3.63, 3.8) is 0 Å².